The summed E-state index contributed by atoms with van der Waals surface area (Å²) in [7, 11) is 0. The highest BCUT2D eigenvalue weighted by atomic mass is 79.9. The molecule has 0 unspecified atom stereocenters. The molecule has 0 bridgehead atoms. The molecule has 130 valence electrons. The van der Waals surface area contributed by atoms with E-state index in [1.807, 2.05) is 37.3 Å². The number of aromatic nitrogens is 1. The molecule has 25 heavy (non-hydrogen) atoms. The first-order chi connectivity index (χ1) is 12.2. The summed E-state index contributed by atoms with van der Waals surface area (Å²) in [6, 6.07) is 12.0. The Labute approximate surface area is 159 Å². The number of hydrogen-bond acceptors (Lipinski definition) is 4. The summed E-state index contributed by atoms with van der Waals surface area (Å²) in [6.07, 6.45) is 1.66. The Morgan fingerprint density at radius 2 is 2.12 bits per heavy atom. The Hall–Kier alpha value is -2.12. The molecule has 3 aromatic rings. The van der Waals surface area contributed by atoms with Crippen LogP contribution in [0.1, 0.15) is 17.5 Å². The zero-order chi connectivity index (χ0) is 17.5. The number of aliphatic imine (C=N–C) groups is 1. The van der Waals surface area contributed by atoms with E-state index in [0.717, 1.165) is 34.8 Å². The molecule has 5 nitrogen and oxygen atoms in total. The second-order valence-electron chi connectivity index (χ2n) is 5.29. The van der Waals surface area contributed by atoms with E-state index in [0.29, 0.717) is 12.4 Å². The zero-order valence-electron chi connectivity index (χ0n) is 13.8. The van der Waals surface area contributed by atoms with Crippen molar-refractivity contribution in [2.75, 3.05) is 6.54 Å². The first kappa shape index (κ1) is 17.7. The lowest BCUT2D eigenvalue weighted by Gasteiger charge is -2.09. The van der Waals surface area contributed by atoms with Crippen molar-refractivity contribution in [1.29, 1.82) is 0 Å². The molecule has 0 aliphatic carbocycles. The molecule has 2 N–H and O–H groups in total. The van der Waals surface area contributed by atoms with Gasteiger partial charge in [0.05, 0.1) is 13.1 Å². The largest absolute Gasteiger partial charge is 0.444 e. The molecule has 0 saturated carbocycles. The van der Waals surface area contributed by atoms with Crippen LogP contribution in [0.25, 0.3) is 11.5 Å². The van der Waals surface area contributed by atoms with E-state index in [4.69, 9.17) is 4.42 Å². The van der Waals surface area contributed by atoms with E-state index in [-0.39, 0.29) is 0 Å². The van der Waals surface area contributed by atoms with Crippen molar-refractivity contribution in [1.82, 2.24) is 15.6 Å². The number of oxazole rings is 1. The van der Waals surface area contributed by atoms with Crippen LogP contribution in [0.3, 0.4) is 0 Å². The van der Waals surface area contributed by atoms with Gasteiger partial charge in [0.15, 0.2) is 5.96 Å². The Balaban J connectivity index is 1.62. The second-order valence-corrected chi connectivity index (χ2v) is 7.20. The van der Waals surface area contributed by atoms with Crippen LogP contribution >= 0.6 is 27.3 Å². The van der Waals surface area contributed by atoms with E-state index in [1.54, 1.807) is 17.6 Å². The minimum atomic E-state index is 0.458. The topological polar surface area (TPSA) is 62.5 Å². The molecule has 0 spiro atoms. The van der Waals surface area contributed by atoms with Gasteiger partial charge in [-0.3, -0.25) is 0 Å². The molecule has 1 aromatic carbocycles. The van der Waals surface area contributed by atoms with Crippen molar-refractivity contribution in [2.45, 2.75) is 20.0 Å². The Morgan fingerprint density at radius 1 is 1.28 bits per heavy atom. The third-order valence-corrected chi connectivity index (χ3v) is 5.07. The lowest BCUT2D eigenvalue weighted by Crippen LogP contribution is -2.36. The van der Waals surface area contributed by atoms with Crippen molar-refractivity contribution >= 4 is 33.2 Å². The second kappa shape index (κ2) is 8.82. The summed E-state index contributed by atoms with van der Waals surface area (Å²) in [6.45, 7) is 4.03. The Morgan fingerprint density at radius 3 is 2.84 bits per heavy atom. The molecule has 2 aromatic heterocycles. The van der Waals surface area contributed by atoms with E-state index >= 15 is 0 Å². The lowest BCUT2D eigenvalue weighted by molar-refractivity contribution is 0.572. The van der Waals surface area contributed by atoms with E-state index in [9.17, 15) is 0 Å². The van der Waals surface area contributed by atoms with Crippen molar-refractivity contribution in [3.8, 4) is 11.5 Å². The molecule has 0 amide bonds. The number of nitrogens with zero attached hydrogens (tertiary/aromatic N) is 2. The highest BCUT2D eigenvalue weighted by Crippen LogP contribution is 2.19. The summed E-state index contributed by atoms with van der Waals surface area (Å²) in [5, 5.41) is 8.64. The maximum absolute atomic E-state index is 5.55. The van der Waals surface area contributed by atoms with Gasteiger partial charge in [-0.1, -0.05) is 18.2 Å². The lowest BCUT2D eigenvalue weighted by atomic mass is 10.2. The van der Waals surface area contributed by atoms with Crippen LogP contribution in [-0.4, -0.2) is 17.5 Å². The maximum Gasteiger partial charge on any atom is 0.226 e. The molecule has 3 rings (SSSR count). The smallest absolute Gasteiger partial charge is 0.226 e. The van der Waals surface area contributed by atoms with Gasteiger partial charge in [0, 0.05) is 26.8 Å². The predicted molar refractivity (Wildman–Crippen MR) is 106 cm³/mol. The number of benzene rings is 1. The van der Waals surface area contributed by atoms with Crippen LogP contribution in [-0.2, 0) is 13.1 Å². The van der Waals surface area contributed by atoms with Crippen LogP contribution in [0.15, 0.2) is 61.9 Å². The zero-order valence-corrected chi connectivity index (χ0v) is 16.2. The molecule has 0 aliphatic heterocycles. The fourth-order valence-corrected chi connectivity index (χ4v) is 3.60. The third kappa shape index (κ3) is 5.17. The average Bonchev–Trinajstić information content (AvgIpc) is 3.27. The van der Waals surface area contributed by atoms with Crippen molar-refractivity contribution in [2.24, 2.45) is 4.99 Å². The standard InChI is InChI=1S/C18H19BrN4OS/c1-2-20-18(22-10-16-8-14(19)12-25-16)21-9-15-11-24-17(23-15)13-6-4-3-5-7-13/h3-8,11-12H,2,9-10H2,1H3,(H2,20,21,22). The number of guanidine groups is 1. The number of hydrogen-bond donors (Lipinski definition) is 2. The van der Waals surface area contributed by atoms with Crippen LogP contribution in [0.2, 0.25) is 0 Å². The van der Waals surface area contributed by atoms with Gasteiger partial charge in [-0.25, -0.2) is 9.98 Å². The number of thiophene rings is 1. The number of rotatable bonds is 6. The van der Waals surface area contributed by atoms with Crippen molar-refractivity contribution in [3.63, 3.8) is 0 Å². The van der Waals surface area contributed by atoms with Gasteiger partial charge in [-0.05, 0) is 41.1 Å². The summed E-state index contributed by atoms with van der Waals surface area (Å²) in [5.41, 5.74) is 1.76. The summed E-state index contributed by atoms with van der Waals surface area (Å²) in [4.78, 5) is 10.3. The van der Waals surface area contributed by atoms with Gasteiger partial charge < -0.3 is 15.1 Å². The predicted octanol–water partition coefficient (Wildman–Crippen LogP) is 4.42. The molecule has 0 aliphatic rings. The minimum absolute atomic E-state index is 0.458. The maximum atomic E-state index is 5.55. The monoisotopic (exact) mass is 418 g/mol. The van der Waals surface area contributed by atoms with Crippen LogP contribution in [0.4, 0.5) is 0 Å². The van der Waals surface area contributed by atoms with E-state index < -0.39 is 0 Å². The Bertz CT molecular complexity index is 828. The number of halogens is 1. The molecule has 0 fully saturated rings. The first-order valence-corrected chi connectivity index (χ1v) is 9.67. The molecule has 7 heteroatoms. The van der Waals surface area contributed by atoms with Gasteiger partial charge in [-0.2, -0.15) is 0 Å². The minimum Gasteiger partial charge on any atom is -0.444 e. The van der Waals surface area contributed by atoms with Crippen LogP contribution < -0.4 is 10.6 Å². The van der Waals surface area contributed by atoms with Gasteiger partial charge >= 0.3 is 0 Å². The molecule has 0 atom stereocenters. The highest BCUT2D eigenvalue weighted by molar-refractivity contribution is 9.10. The van der Waals surface area contributed by atoms with Gasteiger partial charge in [0.2, 0.25) is 5.89 Å². The SMILES string of the molecule is CCNC(=NCc1coc(-c2ccccc2)n1)NCc1cc(Br)cs1. The molecular formula is C18H19BrN4OS. The summed E-state index contributed by atoms with van der Waals surface area (Å²) in [5.74, 6) is 1.38. The first-order valence-electron chi connectivity index (χ1n) is 7.99. The summed E-state index contributed by atoms with van der Waals surface area (Å²) >= 11 is 5.18. The van der Waals surface area contributed by atoms with Gasteiger partial charge in [0.25, 0.3) is 0 Å². The molecule has 0 saturated heterocycles. The highest BCUT2D eigenvalue weighted by Gasteiger charge is 2.06. The van der Waals surface area contributed by atoms with Gasteiger partial charge in [-0.15, -0.1) is 11.3 Å². The fraction of sp³-hybridized carbons (Fsp3) is 0.222. The molecule has 0 radical (unpaired) electrons. The van der Waals surface area contributed by atoms with Crippen molar-refractivity contribution in [3.05, 3.63) is 63.1 Å². The normalized spacial score (nSPS) is 11.5. The average molecular weight is 419 g/mol. The fourth-order valence-electron chi connectivity index (χ4n) is 2.21. The summed E-state index contributed by atoms with van der Waals surface area (Å²) < 4.78 is 6.65. The van der Waals surface area contributed by atoms with Gasteiger partial charge in [0.1, 0.15) is 12.0 Å². The Kier molecular flexibility index (Phi) is 6.25. The van der Waals surface area contributed by atoms with Crippen LogP contribution in [0.5, 0.6) is 0 Å². The quantitative estimate of drug-likeness (QED) is 0.459. The van der Waals surface area contributed by atoms with Crippen molar-refractivity contribution < 1.29 is 4.42 Å². The van der Waals surface area contributed by atoms with E-state index in [2.05, 4.69) is 48.0 Å². The van der Waals surface area contributed by atoms with E-state index in [1.165, 1.54) is 4.88 Å². The number of nitrogens with one attached hydrogen (secondary N) is 2. The molecule has 2 heterocycles. The molecular weight excluding hydrogens is 400 g/mol. The van der Waals surface area contributed by atoms with Crippen LogP contribution in [0, 0.1) is 0 Å². The third-order valence-electron chi connectivity index (χ3n) is 3.37.